The Bertz CT molecular complexity index is 163. The lowest BCUT2D eigenvalue weighted by Gasteiger charge is -2.36. The predicted molar refractivity (Wildman–Crippen MR) is 56.4 cm³/mol. The first-order valence-electron chi connectivity index (χ1n) is 5.41. The molecule has 1 aliphatic rings. The second-order valence-electron chi connectivity index (χ2n) is 4.67. The second-order valence-corrected chi connectivity index (χ2v) is 4.67. The van der Waals surface area contributed by atoms with Gasteiger partial charge in [-0.2, -0.15) is 0 Å². The summed E-state index contributed by atoms with van der Waals surface area (Å²) < 4.78 is 5.59. The zero-order valence-corrected chi connectivity index (χ0v) is 9.12. The van der Waals surface area contributed by atoms with E-state index in [-0.39, 0.29) is 0 Å². The van der Waals surface area contributed by atoms with E-state index in [1.54, 1.807) is 6.26 Å². The molecule has 1 heteroatoms. The highest BCUT2D eigenvalue weighted by Gasteiger charge is 2.31. The van der Waals surface area contributed by atoms with Crippen molar-refractivity contribution in [1.29, 1.82) is 0 Å². The molecule has 76 valence electrons. The van der Waals surface area contributed by atoms with Gasteiger partial charge in [-0.3, -0.25) is 0 Å². The average molecular weight is 182 g/mol. The highest BCUT2D eigenvalue weighted by Crippen LogP contribution is 2.35. The van der Waals surface area contributed by atoms with Crippen LogP contribution in [-0.4, -0.2) is 6.10 Å². The molecule has 3 atom stereocenters. The predicted octanol–water partition coefficient (Wildman–Crippen LogP) is 3.61. The van der Waals surface area contributed by atoms with Crippen LogP contribution in [0.4, 0.5) is 0 Å². The summed E-state index contributed by atoms with van der Waals surface area (Å²) in [4.78, 5) is 0. The van der Waals surface area contributed by atoms with Gasteiger partial charge < -0.3 is 4.74 Å². The first-order valence-corrected chi connectivity index (χ1v) is 5.41. The van der Waals surface area contributed by atoms with E-state index in [9.17, 15) is 0 Å². The number of ether oxygens (including phenoxy) is 1. The van der Waals surface area contributed by atoms with Gasteiger partial charge in [-0.05, 0) is 30.6 Å². The summed E-state index contributed by atoms with van der Waals surface area (Å²) in [6.07, 6.45) is 5.91. The van der Waals surface area contributed by atoms with Crippen molar-refractivity contribution in [2.24, 2.45) is 17.8 Å². The van der Waals surface area contributed by atoms with Crippen LogP contribution in [0.3, 0.4) is 0 Å². The van der Waals surface area contributed by atoms with Crippen LogP contribution >= 0.6 is 0 Å². The summed E-state index contributed by atoms with van der Waals surface area (Å²) >= 11 is 0. The van der Waals surface area contributed by atoms with Gasteiger partial charge in [0, 0.05) is 0 Å². The van der Waals surface area contributed by atoms with Crippen LogP contribution in [-0.2, 0) is 4.74 Å². The normalized spacial score (nSPS) is 34.6. The minimum atomic E-state index is 0.418. The molecule has 0 amide bonds. The Morgan fingerprint density at radius 3 is 2.62 bits per heavy atom. The van der Waals surface area contributed by atoms with Gasteiger partial charge in [-0.15, -0.1) is 0 Å². The largest absolute Gasteiger partial charge is 0.498 e. The zero-order chi connectivity index (χ0) is 9.84. The maximum Gasteiger partial charge on any atom is 0.101 e. The van der Waals surface area contributed by atoms with Gasteiger partial charge in [0.15, 0.2) is 0 Å². The summed E-state index contributed by atoms with van der Waals surface area (Å²) in [5.74, 6) is 2.28. The van der Waals surface area contributed by atoms with Gasteiger partial charge in [-0.1, -0.05) is 33.8 Å². The standard InChI is InChI=1S/C12H22O/c1-5-13-12-8-10(4)6-7-11(12)9(2)3/h5,9-12H,1,6-8H2,2-4H3/t10-,11+,12-/m1/s1. The molecule has 0 N–H and O–H groups in total. The fourth-order valence-corrected chi connectivity index (χ4v) is 2.39. The third-order valence-electron chi connectivity index (χ3n) is 3.23. The van der Waals surface area contributed by atoms with E-state index in [0.717, 1.165) is 17.8 Å². The molecule has 13 heavy (non-hydrogen) atoms. The fraction of sp³-hybridized carbons (Fsp3) is 0.833. The molecule has 0 aliphatic heterocycles. The maximum absolute atomic E-state index is 5.59. The molecule has 1 aliphatic carbocycles. The maximum atomic E-state index is 5.59. The summed E-state index contributed by atoms with van der Waals surface area (Å²) in [5.41, 5.74) is 0. The molecule has 0 radical (unpaired) electrons. The molecule has 0 heterocycles. The summed E-state index contributed by atoms with van der Waals surface area (Å²) in [6.45, 7) is 10.6. The molecule has 1 rings (SSSR count). The minimum Gasteiger partial charge on any atom is -0.498 e. The first kappa shape index (κ1) is 10.6. The molecule has 0 aromatic rings. The van der Waals surface area contributed by atoms with Crippen molar-refractivity contribution < 1.29 is 4.74 Å². The molecule has 1 fully saturated rings. The first-order chi connectivity index (χ1) is 6.15. The molecule has 0 bridgehead atoms. The molecule has 0 aromatic heterocycles. The number of hydrogen-bond acceptors (Lipinski definition) is 1. The molecule has 0 spiro atoms. The van der Waals surface area contributed by atoms with Gasteiger partial charge in [-0.25, -0.2) is 0 Å². The van der Waals surface area contributed by atoms with Crippen molar-refractivity contribution in [3.63, 3.8) is 0 Å². The Hall–Kier alpha value is -0.460. The number of hydrogen-bond donors (Lipinski definition) is 0. The Balaban J connectivity index is 2.54. The van der Waals surface area contributed by atoms with Crippen LogP contribution in [0.5, 0.6) is 0 Å². The summed E-state index contributed by atoms with van der Waals surface area (Å²) in [7, 11) is 0. The lowest BCUT2D eigenvalue weighted by molar-refractivity contribution is 0.0140. The van der Waals surface area contributed by atoms with Crippen molar-refractivity contribution >= 4 is 0 Å². The van der Waals surface area contributed by atoms with Crippen LogP contribution in [0.1, 0.15) is 40.0 Å². The van der Waals surface area contributed by atoms with Crippen molar-refractivity contribution in [1.82, 2.24) is 0 Å². The Labute approximate surface area is 82.2 Å². The summed E-state index contributed by atoms with van der Waals surface area (Å²) in [5, 5.41) is 0. The molecule has 0 aromatic carbocycles. The van der Waals surface area contributed by atoms with Crippen LogP contribution in [0.25, 0.3) is 0 Å². The minimum absolute atomic E-state index is 0.418. The van der Waals surface area contributed by atoms with E-state index >= 15 is 0 Å². The third kappa shape index (κ3) is 2.75. The van der Waals surface area contributed by atoms with E-state index < -0.39 is 0 Å². The van der Waals surface area contributed by atoms with Crippen molar-refractivity contribution in [2.45, 2.75) is 46.1 Å². The number of rotatable bonds is 3. The molecule has 0 unspecified atom stereocenters. The van der Waals surface area contributed by atoms with Crippen LogP contribution in [0, 0.1) is 17.8 Å². The monoisotopic (exact) mass is 182 g/mol. The van der Waals surface area contributed by atoms with Crippen molar-refractivity contribution in [3.8, 4) is 0 Å². The van der Waals surface area contributed by atoms with Crippen LogP contribution < -0.4 is 0 Å². The van der Waals surface area contributed by atoms with Gasteiger partial charge in [0.1, 0.15) is 6.10 Å². The Morgan fingerprint density at radius 2 is 2.08 bits per heavy atom. The van der Waals surface area contributed by atoms with Crippen molar-refractivity contribution in [2.75, 3.05) is 0 Å². The zero-order valence-electron chi connectivity index (χ0n) is 9.12. The summed E-state index contributed by atoms with van der Waals surface area (Å²) in [6, 6.07) is 0. The smallest absolute Gasteiger partial charge is 0.101 e. The van der Waals surface area contributed by atoms with Gasteiger partial charge in [0.2, 0.25) is 0 Å². The SMILES string of the molecule is C=CO[C@@H]1C[C@H](C)CC[C@H]1C(C)C. The topological polar surface area (TPSA) is 9.23 Å². The van der Waals surface area contributed by atoms with E-state index in [1.807, 2.05) is 0 Å². The lowest BCUT2D eigenvalue weighted by atomic mass is 9.75. The molecule has 0 saturated heterocycles. The molecular formula is C12H22O. The van der Waals surface area contributed by atoms with E-state index in [4.69, 9.17) is 4.74 Å². The quantitative estimate of drug-likeness (QED) is 0.606. The van der Waals surface area contributed by atoms with E-state index in [1.165, 1.54) is 19.3 Å². The molecule has 1 saturated carbocycles. The Morgan fingerprint density at radius 1 is 1.38 bits per heavy atom. The lowest BCUT2D eigenvalue weighted by Crippen LogP contribution is -2.33. The highest BCUT2D eigenvalue weighted by molar-refractivity contribution is 4.82. The molecule has 1 nitrogen and oxygen atoms in total. The van der Waals surface area contributed by atoms with E-state index in [2.05, 4.69) is 27.4 Å². The Kier molecular flexibility index (Phi) is 3.83. The third-order valence-corrected chi connectivity index (χ3v) is 3.23. The second kappa shape index (κ2) is 4.69. The van der Waals surface area contributed by atoms with Gasteiger partial charge >= 0.3 is 0 Å². The van der Waals surface area contributed by atoms with Gasteiger partial charge in [0.25, 0.3) is 0 Å². The van der Waals surface area contributed by atoms with Crippen molar-refractivity contribution in [3.05, 3.63) is 12.8 Å². The highest BCUT2D eigenvalue weighted by atomic mass is 16.5. The van der Waals surface area contributed by atoms with Crippen LogP contribution in [0.15, 0.2) is 12.8 Å². The fourth-order valence-electron chi connectivity index (χ4n) is 2.39. The average Bonchev–Trinajstić information content (AvgIpc) is 2.04. The van der Waals surface area contributed by atoms with Crippen LogP contribution in [0.2, 0.25) is 0 Å². The van der Waals surface area contributed by atoms with Gasteiger partial charge in [0.05, 0.1) is 6.26 Å². The van der Waals surface area contributed by atoms with E-state index in [0.29, 0.717) is 6.10 Å². The molecular weight excluding hydrogens is 160 g/mol.